The molecular weight excluding hydrogens is 225 g/mol. The summed E-state index contributed by atoms with van der Waals surface area (Å²) in [5.41, 5.74) is 1.18. The van der Waals surface area contributed by atoms with Crippen LogP contribution in [0.25, 0.3) is 0 Å². The van der Waals surface area contributed by atoms with E-state index in [9.17, 15) is 4.39 Å². The molecule has 0 bridgehead atoms. The average molecular weight is 249 g/mol. The van der Waals surface area contributed by atoms with Crippen LogP contribution in [-0.4, -0.2) is 6.04 Å². The van der Waals surface area contributed by atoms with E-state index in [-0.39, 0.29) is 5.82 Å². The fourth-order valence-electron chi connectivity index (χ4n) is 2.94. The molecule has 0 aliphatic heterocycles. The first kappa shape index (κ1) is 13.5. The van der Waals surface area contributed by atoms with Crippen LogP contribution in [0.3, 0.4) is 0 Å². The van der Waals surface area contributed by atoms with Gasteiger partial charge in [-0.15, -0.1) is 0 Å². The predicted molar refractivity (Wildman–Crippen MR) is 74.0 cm³/mol. The highest BCUT2D eigenvalue weighted by Crippen LogP contribution is 2.28. The van der Waals surface area contributed by atoms with E-state index in [1.165, 1.54) is 37.7 Å². The lowest BCUT2D eigenvalue weighted by Gasteiger charge is -2.31. The van der Waals surface area contributed by atoms with Crippen molar-refractivity contribution < 1.29 is 4.39 Å². The fourth-order valence-corrected chi connectivity index (χ4v) is 2.94. The van der Waals surface area contributed by atoms with Crippen molar-refractivity contribution in [3.05, 3.63) is 35.6 Å². The Hall–Kier alpha value is -0.890. The second kappa shape index (κ2) is 6.33. The zero-order valence-corrected chi connectivity index (χ0v) is 11.5. The molecule has 1 aliphatic rings. The molecule has 2 heteroatoms. The molecule has 2 rings (SSSR count). The lowest BCUT2D eigenvalue weighted by atomic mass is 9.84. The molecule has 0 amide bonds. The second-order valence-electron chi connectivity index (χ2n) is 5.57. The Kier molecular flexibility index (Phi) is 4.76. The average Bonchev–Trinajstić information content (AvgIpc) is 2.40. The maximum absolute atomic E-state index is 12.9. The standard InChI is InChI=1S/C16H24FN/c1-3-13-4-10-16(11-5-13)18-12(2)14-6-8-15(17)9-7-14/h6-9,12-13,16,18H,3-5,10-11H2,1-2H3/t12-,13?,16?/m0/s1. The summed E-state index contributed by atoms with van der Waals surface area (Å²) in [7, 11) is 0. The van der Waals surface area contributed by atoms with Crippen LogP contribution in [0.2, 0.25) is 0 Å². The summed E-state index contributed by atoms with van der Waals surface area (Å²) >= 11 is 0. The van der Waals surface area contributed by atoms with Crippen molar-refractivity contribution in [3.8, 4) is 0 Å². The number of nitrogens with one attached hydrogen (secondary N) is 1. The largest absolute Gasteiger partial charge is 0.307 e. The monoisotopic (exact) mass is 249 g/mol. The van der Waals surface area contributed by atoms with Crippen molar-refractivity contribution >= 4 is 0 Å². The molecule has 0 radical (unpaired) electrons. The van der Waals surface area contributed by atoms with Gasteiger partial charge in [0.15, 0.2) is 0 Å². The summed E-state index contributed by atoms with van der Waals surface area (Å²) in [6, 6.07) is 7.79. The molecular formula is C16H24FN. The minimum Gasteiger partial charge on any atom is -0.307 e. The number of benzene rings is 1. The van der Waals surface area contributed by atoms with Gasteiger partial charge in [0.2, 0.25) is 0 Å². The summed E-state index contributed by atoms with van der Waals surface area (Å²) in [4.78, 5) is 0. The summed E-state index contributed by atoms with van der Waals surface area (Å²) in [5, 5.41) is 3.68. The minimum atomic E-state index is -0.158. The smallest absolute Gasteiger partial charge is 0.123 e. The molecule has 1 fully saturated rings. The predicted octanol–water partition coefficient (Wildman–Crippen LogP) is 4.45. The number of halogens is 1. The first-order chi connectivity index (χ1) is 8.69. The summed E-state index contributed by atoms with van der Waals surface area (Å²) < 4.78 is 12.9. The Labute approximate surface area is 110 Å². The Morgan fingerprint density at radius 2 is 1.78 bits per heavy atom. The molecule has 1 aliphatic carbocycles. The van der Waals surface area contributed by atoms with Gasteiger partial charge in [0.1, 0.15) is 5.82 Å². The quantitative estimate of drug-likeness (QED) is 0.831. The molecule has 0 aromatic heterocycles. The van der Waals surface area contributed by atoms with Crippen molar-refractivity contribution in [2.24, 2.45) is 5.92 Å². The maximum atomic E-state index is 12.9. The van der Waals surface area contributed by atoms with Crippen LogP contribution in [0.15, 0.2) is 24.3 Å². The summed E-state index contributed by atoms with van der Waals surface area (Å²) in [6.45, 7) is 4.46. The molecule has 1 aromatic rings. The SMILES string of the molecule is CCC1CCC(N[C@@H](C)c2ccc(F)cc2)CC1. The van der Waals surface area contributed by atoms with Gasteiger partial charge in [0.25, 0.3) is 0 Å². The molecule has 100 valence electrons. The van der Waals surface area contributed by atoms with Gasteiger partial charge < -0.3 is 5.32 Å². The number of hydrogen-bond acceptors (Lipinski definition) is 1. The van der Waals surface area contributed by atoms with Crippen molar-refractivity contribution in [2.45, 2.75) is 58.0 Å². The molecule has 1 atom stereocenters. The minimum absolute atomic E-state index is 0.158. The van der Waals surface area contributed by atoms with Crippen LogP contribution in [-0.2, 0) is 0 Å². The highest BCUT2D eigenvalue weighted by Gasteiger charge is 2.21. The van der Waals surface area contributed by atoms with Gasteiger partial charge in [-0.3, -0.25) is 0 Å². The lowest BCUT2D eigenvalue weighted by molar-refractivity contribution is 0.273. The van der Waals surface area contributed by atoms with Crippen LogP contribution < -0.4 is 5.32 Å². The Morgan fingerprint density at radius 1 is 1.17 bits per heavy atom. The zero-order valence-electron chi connectivity index (χ0n) is 11.5. The summed E-state index contributed by atoms with van der Waals surface area (Å²) in [6.07, 6.45) is 6.59. The van der Waals surface area contributed by atoms with E-state index in [1.807, 2.05) is 12.1 Å². The molecule has 18 heavy (non-hydrogen) atoms. The lowest BCUT2D eigenvalue weighted by Crippen LogP contribution is -2.34. The fraction of sp³-hybridized carbons (Fsp3) is 0.625. The van der Waals surface area contributed by atoms with Crippen LogP contribution in [0, 0.1) is 11.7 Å². The van der Waals surface area contributed by atoms with E-state index in [4.69, 9.17) is 0 Å². The molecule has 1 nitrogen and oxygen atoms in total. The van der Waals surface area contributed by atoms with Crippen LogP contribution in [0.5, 0.6) is 0 Å². The van der Waals surface area contributed by atoms with E-state index < -0.39 is 0 Å². The zero-order chi connectivity index (χ0) is 13.0. The molecule has 1 saturated carbocycles. The van der Waals surface area contributed by atoms with Gasteiger partial charge in [-0.2, -0.15) is 0 Å². The summed E-state index contributed by atoms with van der Waals surface area (Å²) in [5.74, 6) is 0.776. The Morgan fingerprint density at radius 3 is 2.33 bits per heavy atom. The first-order valence-corrected chi connectivity index (χ1v) is 7.20. The Bertz CT molecular complexity index is 352. The van der Waals surface area contributed by atoms with Gasteiger partial charge in [-0.1, -0.05) is 25.5 Å². The van der Waals surface area contributed by atoms with Gasteiger partial charge in [-0.05, 0) is 56.2 Å². The van der Waals surface area contributed by atoms with Gasteiger partial charge in [0.05, 0.1) is 0 Å². The van der Waals surface area contributed by atoms with Crippen molar-refractivity contribution in [1.82, 2.24) is 5.32 Å². The van der Waals surface area contributed by atoms with Crippen LogP contribution in [0.1, 0.15) is 57.6 Å². The third-order valence-corrected chi connectivity index (χ3v) is 4.28. The molecule has 0 spiro atoms. The van der Waals surface area contributed by atoms with Crippen LogP contribution >= 0.6 is 0 Å². The maximum Gasteiger partial charge on any atom is 0.123 e. The molecule has 0 saturated heterocycles. The normalized spacial score (nSPS) is 25.9. The third kappa shape index (κ3) is 3.55. The second-order valence-corrected chi connectivity index (χ2v) is 5.57. The van der Waals surface area contributed by atoms with E-state index in [0.717, 1.165) is 5.92 Å². The highest BCUT2D eigenvalue weighted by molar-refractivity contribution is 5.19. The van der Waals surface area contributed by atoms with E-state index in [1.54, 1.807) is 12.1 Å². The van der Waals surface area contributed by atoms with Crippen molar-refractivity contribution in [3.63, 3.8) is 0 Å². The number of hydrogen-bond donors (Lipinski definition) is 1. The molecule has 1 aromatic carbocycles. The Balaban J connectivity index is 1.84. The first-order valence-electron chi connectivity index (χ1n) is 7.20. The van der Waals surface area contributed by atoms with Crippen LogP contribution in [0.4, 0.5) is 4.39 Å². The molecule has 1 N–H and O–H groups in total. The van der Waals surface area contributed by atoms with E-state index in [0.29, 0.717) is 12.1 Å². The highest BCUT2D eigenvalue weighted by atomic mass is 19.1. The molecule has 0 unspecified atom stereocenters. The molecule has 0 heterocycles. The van der Waals surface area contributed by atoms with Gasteiger partial charge in [0, 0.05) is 12.1 Å². The third-order valence-electron chi connectivity index (χ3n) is 4.28. The van der Waals surface area contributed by atoms with Gasteiger partial charge >= 0.3 is 0 Å². The van der Waals surface area contributed by atoms with Crippen molar-refractivity contribution in [1.29, 1.82) is 0 Å². The van der Waals surface area contributed by atoms with E-state index >= 15 is 0 Å². The van der Waals surface area contributed by atoms with E-state index in [2.05, 4.69) is 19.2 Å². The van der Waals surface area contributed by atoms with Crippen molar-refractivity contribution in [2.75, 3.05) is 0 Å². The van der Waals surface area contributed by atoms with Gasteiger partial charge in [-0.25, -0.2) is 4.39 Å². The topological polar surface area (TPSA) is 12.0 Å². The number of rotatable bonds is 4.